The van der Waals surface area contributed by atoms with Crippen molar-refractivity contribution in [3.8, 4) is 17.8 Å². The summed E-state index contributed by atoms with van der Waals surface area (Å²) in [7, 11) is 0. The summed E-state index contributed by atoms with van der Waals surface area (Å²) in [6.07, 6.45) is 1.79. The van der Waals surface area contributed by atoms with Crippen LogP contribution >= 0.6 is 11.6 Å². The first-order chi connectivity index (χ1) is 9.71. The van der Waals surface area contributed by atoms with Gasteiger partial charge >= 0.3 is 12.0 Å². The van der Waals surface area contributed by atoms with Crippen LogP contribution in [0.5, 0.6) is 17.8 Å². The number of rotatable bonds is 6. The van der Waals surface area contributed by atoms with E-state index < -0.39 is 0 Å². The van der Waals surface area contributed by atoms with Gasteiger partial charge in [0.05, 0.1) is 6.61 Å². The Labute approximate surface area is 123 Å². The highest BCUT2D eigenvalue weighted by Crippen LogP contribution is 2.21. The minimum atomic E-state index is 0.0488. The number of aryl methyl sites for hydroxylation is 1. The normalized spacial score (nSPS) is 10.3. The zero-order valence-electron chi connectivity index (χ0n) is 11.5. The van der Waals surface area contributed by atoms with Crippen molar-refractivity contribution in [2.24, 2.45) is 0 Å². The van der Waals surface area contributed by atoms with Crippen molar-refractivity contribution in [1.29, 1.82) is 0 Å². The van der Waals surface area contributed by atoms with Gasteiger partial charge in [-0.15, -0.1) is 4.98 Å². The molecule has 0 aliphatic rings. The maximum absolute atomic E-state index is 5.83. The molecular weight excluding hydrogens is 278 g/mol. The van der Waals surface area contributed by atoms with Gasteiger partial charge in [0.25, 0.3) is 0 Å². The molecule has 0 aliphatic heterocycles. The first-order valence-corrected chi connectivity index (χ1v) is 6.90. The van der Waals surface area contributed by atoms with E-state index >= 15 is 0 Å². The minimum Gasteiger partial charge on any atom is -0.463 e. The Morgan fingerprint density at radius 3 is 2.65 bits per heavy atom. The third kappa shape index (κ3) is 4.06. The molecule has 0 saturated heterocycles. The highest BCUT2D eigenvalue weighted by Gasteiger charge is 2.08. The summed E-state index contributed by atoms with van der Waals surface area (Å²) in [5, 5.41) is 0.0488. The van der Waals surface area contributed by atoms with Gasteiger partial charge in [0.2, 0.25) is 5.28 Å². The van der Waals surface area contributed by atoms with E-state index in [0.29, 0.717) is 12.4 Å². The number of hydrogen-bond donors (Lipinski definition) is 0. The van der Waals surface area contributed by atoms with E-state index in [1.807, 2.05) is 31.2 Å². The van der Waals surface area contributed by atoms with Crippen LogP contribution in [0.25, 0.3) is 0 Å². The Kier molecular flexibility index (Phi) is 5.12. The molecule has 2 rings (SSSR count). The quantitative estimate of drug-likeness (QED) is 0.813. The zero-order chi connectivity index (χ0) is 14.4. The topological polar surface area (TPSA) is 57.1 Å². The van der Waals surface area contributed by atoms with Crippen LogP contribution in [-0.2, 0) is 6.42 Å². The van der Waals surface area contributed by atoms with Crippen LogP contribution in [0.4, 0.5) is 0 Å². The number of aromatic nitrogens is 3. The summed E-state index contributed by atoms with van der Waals surface area (Å²) >= 11 is 5.83. The van der Waals surface area contributed by atoms with Gasteiger partial charge in [0.1, 0.15) is 5.75 Å². The molecule has 2 aromatic rings. The van der Waals surface area contributed by atoms with Crippen LogP contribution in [0.15, 0.2) is 24.3 Å². The Morgan fingerprint density at radius 2 is 1.90 bits per heavy atom. The molecular formula is C14H16ClN3O2. The van der Waals surface area contributed by atoms with E-state index in [1.54, 1.807) is 0 Å². The fourth-order valence-corrected chi connectivity index (χ4v) is 1.70. The summed E-state index contributed by atoms with van der Waals surface area (Å²) in [5.41, 5.74) is 1.17. The predicted octanol–water partition coefficient (Wildman–Crippen LogP) is 3.67. The van der Waals surface area contributed by atoms with Gasteiger partial charge in [-0.05, 0) is 42.1 Å². The van der Waals surface area contributed by atoms with Crippen LogP contribution in [0, 0.1) is 0 Å². The highest BCUT2D eigenvalue weighted by atomic mass is 35.5. The van der Waals surface area contributed by atoms with Gasteiger partial charge in [0, 0.05) is 0 Å². The van der Waals surface area contributed by atoms with Crippen LogP contribution < -0.4 is 9.47 Å². The largest absolute Gasteiger partial charge is 0.463 e. The molecule has 0 amide bonds. The van der Waals surface area contributed by atoms with Crippen molar-refractivity contribution in [3.05, 3.63) is 35.1 Å². The first kappa shape index (κ1) is 14.5. The van der Waals surface area contributed by atoms with E-state index in [2.05, 4.69) is 21.9 Å². The monoisotopic (exact) mass is 293 g/mol. The molecule has 106 valence electrons. The van der Waals surface area contributed by atoms with Gasteiger partial charge < -0.3 is 9.47 Å². The van der Waals surface area contributed by atoms with Crippen molar-refractivity contribution in [3.63, 3.8) is 0 Å². The van der Waals surface area contributed by atoms with Crippen molar-refractivity contribution in [2.75, 3.05) is 6.61 Å². The number of hydrogen-bond acceptors (Lipinski definition) is 5. The molecule has 0 unspecified atom stereocenters. The molecule has 0 N–H and O–H groups in total. The molecule has 5 nitrogen and oxygen atoms in total. The second-order valence-corrected chi connectivity index (χ2v) is 4.46. The molecule has 6 heteroatoms. The number of nitrogens with zero attached hydrogens (tertiary/aromatic N) is 3. The smallest absolute Gasteiger partial charge is 0.329 e. The van der Waals surface area contributed by atoms with Gasteiger partial charge in [-0.3, -0.25) is 0 Å². The number of benzene rings is 1. The van der Waals surface area contributed by atoms with E-state index in [9.17, 15) is 0 Å². The van der Waals surface area contributed by atoms with Crippen LogP contribution in [0.2, 0.25) is 5.28 Å². The van der Waals surface area contributed by atoms with Crippen LogP contribution in [0.1, 0.15) is 25.8 Å². The van der Waals surface area contributed by atoms with Crippen molar-refractivity contribution < 1.29 is 9.47 Å². The SMILES string of the molecule is CCCOc1nc(Cl)nc(Oc2cccc(CC)c2)n1. The molecule has 1 heterocycles. The first-order valence-electron chi connectivity index (χ1n) is 6.52. The van der Waals surface area contributed by atoms with Crippen molar-refractivity contribution in [1.82, 2.24) is 15.0 Å². The fourth-order valence-electron chi connectivity index (χ4n) is 1.55. The van der Waals surface area contributed by atoms with Crippen LogP contribution in [-0.4, -0.2) is 21.6 Å². The molecule has 0 spiro atoms. The lowest BCUT2D eigenvalue weighted by atomic mass is 10.2. The summed E-state index contributed by atoms with van der Waals surface area (Å²) < 4.78 is 10.9. The highest BCUT2D eigenvalue weighted by molar-refractivity contribution is 6.28. The lowest BCUT2D eigenvalue weighted by Crippen LogP contribution is -2.03. The number of ether oxygens (including phenoxy) is 2. The Morgan fingerprint density at radius 1 is 1.10 bits per heavy atom. The van der Waals surface area contributed by atoms with E-state index in [0.717, 1.165) is 12.8 Å². The Hall–Kier alpha value is -1.88. The Bertz CT molecular complexity index is 578. The second kappa shape index (κ2) is 7.05. The van der Waals surface area contributed by atoms with Gasteiger partial charge in [-0.2, -0.15) is 9.97 Å². The third-order valence-corrected chi connectivity index (χ3v) is 2.69. The predicted molar refractivity (Wildman–Crippen MR) is 76.5 cm³/mol. The molecule has 0 saturated carbocycles. The average Bonchev–Trinajstić information content (AvgIpc) is 2.44. The summed E-state index contributed by atoms with van der Waals surface area (Å²) in [5.74, 6) is 0.660. The second-order valence-electron chi connectivity index (χ2n) is 4.12. The van der Waals surface area contributed by atoms with Gasteiger partial charge in [0.15, 0.2) is 0 Å². The maximum atomic E-state index is 5.83. The molecule has 1 aromatic heterocycles. The molecule has 0 radical (unpaired) electrons. The molecule has 20 heavy (non-hydrogen) atoms. The minimum absolute atomic E-state index is 0.0488. The summed E-state index contributed by atoms with van der Waals surface area (Å²) in [6, 6.07) is 8.03. The summed E-state index contributed by atoms with van der Waals surface area (Å²) in [4.78, 5) is 11.9. The van der Waals surface area contributed by atoms with Gasteiger partial charge in [-0.1, -0.05) is 26.0 Å². The fraction of sp³-hybridized carbons (Fsp3) is 0.357. The molecule has 1 aromatic carbocycles. The lowest BCUT2D eigenvalue weighted by Gasteiger charge is -2.07. The van der Waals surface area contributed by atoms with Crippen LogP contribution in [0.3, 0.4) is 0 Å². The van der Waals surface area contributed by atoms with E-state index in [4.69, 9.17) is 21.1 Å². The zero-order valence-corrected chi connectivity index (χ0v) is 12.2. The molecule has 0 aliphatic carbocycles. The molecule has 0 bridgehead atoms. The van der Waals surface area contributed by atoms with Crippen molar-refractivity contribution >= 4 is 11.6 Å². The average molecular weight is 294 g/mol. The number of halogens is 1. The summed E-state index contributed by atoms with van der Waals surface area (Å²) in [6.45, 7) is 4.59. The van der Waals surface area contributed by atoms with Gasteiger partial charge in [-0.25, -0.2) is 0 Å². The lowest BCUT2D eigenvalue weighted by molar-refractivity contribution is 0.284. The molecule has 0 fully saturated rings. The third-order valence-electron chi connectivity index (χ3n) is 2.52. The Balaban J connectivity index is 2.17. The molecule has 0 atom stereocenters. The standard InChI is InChI=1S/C14H16ClN3O2/c1-3-8-19-13-16-12(15)17-14(18-13)20-11-7-5-6-10(4-2)9-11/h5-7,9H,3-4,8H2,1-2H3. The maximum Gasteiger partial charge on any atom is 0.329 e. The van der Waals surface area contributed by atoms with E-state index in [-0.39, 0.29) is 17.3 Å². The van der Waals surface area contributed by atoms with E-state index in [1.165, 1.54) is 5.56 Å². The van der Waals surface area contributed by atoms with Crippen molar-refractivity contribution in [2.45, 2.75) is 26.7 Å².